The highest BCUT2D eigenvalue weighted by Gasteiger charge is 2.33. The lowest BCUT2D eigenvalue weighted by Crippen LogP contribution is -2.30. The predicted octanol–water partition coefficient (Wildman–Crippen LogP) is 4.52. The predicted molar refractivity (Wildman–Crippen MR) is 123 cm³/mol. The maximum absolute atomic E-state index is 13.1. The maximum Gasteiger partial charge on any atom is 0.319 e. The maximum atomic E-state index is 13.1. The van der Waals surface area contributed by atoms with E-state index in [2.05, 4.69) is 21.0 Å². The summed E-state index contributed by atoms with van der Waals surface area (Å²) in [5, 5.41) is 13.4. The minimum absolute atomic E-state index is 0.118. The first kappa shape index (κ1) is 20.3. The van der Waals surface area contributed by atoms with Gasteiger partial charge < -0.3 is 16.0 Å². The second kappa shape index (κ2) is 8.49. The molecule has 0 aliphatic heterocycles. The average Bonchev–Trinajstić information content (AvgIpc) is 3.74. The van der Waals surface area contributed by atoms with Crippen molar-refractivity contribution in [2.45, 2.75) is 50.6 Å². The van der Waals surface area contributed by atoms with Crippen LogP contribution in [0.1, 0.15) is 66.2 Å². The van der Waals surface area contributed by atoms with Crippen LogP contribution in [0.5, 0.6) is 0 Å². The number of carbonyl (C=O) groups excluding carboxylic acids is 2. The minimum Gasteiger partial charge on any atom is -0.345 e. The van der Waals surface area contributed by atoms with Crippen LogP contribution < -0.4 is 16.0 Å². The molecule has 1 aromatic heterocycles. The Labute approximate surface area is 187 Å². The molecule has 1 heterocycles. The zero-order valence-electron chi connectivity index (χ0n) is 18.0. The molecule has 2 aromatic carbocycles. The molecule has 7 nitrogen and oxygen atoms in total. The molecular weight excluding hydrogens is 402 g/mol. The lowest BCUT2D eigenvalue weighted by atomic mass is 10.1. The van der Waals surface area contributed by atoms with Crippen LogP contribution in [0.2, 0.25) is 0 Å². The Morgan fingerprint density at radius 2 is 1.72 bits per heavy atom. The second-order valence-electron chi connectivity index (χ2n) is 8.66. The number of benzene rings is 2. The van der Waals surface area contributed by atoms with Crippen LogP contribution in [-0.4, -0.2) is 27.8 Å². The van der Waals surface area contributed by atoms with Crippen LogP contribution in [0.4, 0.5) is 10.5 Å². The van der Waals surface area contributed by atoms with Crippen LogP contribution in [0.25, 0.3) is 5.69 Å². The lowest BCUT2D eigenvalue weighted by Gasteiger charge is -2.16. The largest absolute Gasteiger partial charge is 0.345 e. The molecule has 3 amide bonds. The van der Waals surface area contributed by atoms with Crippen molar-refractivity contribution in [3.05, 3.63) is 77.6 Å². The molecule has 32 heavy (non-hydrogen) atoms. The van der Waals surface area contributed by atoms with Crippen molar-refractivity contribution in [1.82, 2.24) is 20.4 Å². The van der Waals surface area contributed by atoms with Gasteiger partial charge >= 0.3 is 6.03 Å². The number of nitrogens with zero attached hydrogens (tertiary/aromatic N) is 2. The molecule has 2 aliphatic carbocycles. The van der Waals surface area contributed by atoms with Gasteiger partial charge in [-0.3, -0.25) is 4.79 Å². The van der Waals surface area contributed by atoms with Crippen LogP contribution in [0, 0.1) is 0 Å². The fraction of sp³-hybridized carbons (Fsp3) is 0.320. The Bertz CT molecular complexity index is 1110. The molecule has 7 heteroatoms. The first-order chi connectivity index (χ1) is 15.6. The van der Waals surface area contributed by atoms with Gasteiger partial charge in [0.15, 0.2) is 0 Å². The number of nitrogens with one attached hydrogen (secondary N) is 3. The van der Waals surface area contributed by atoms with Gasteiger partial charge in [-0.15, -0.1) is 0 Å². The van der Waals surface area contributed by atoms with Gasteiger partial charge in [0.2, 0.25) is 0 Å². The number of anilines is 1. The molecular formula is C25H27N5O2. The van der Waals surface area contributed by atoms with Crippen molar-refractivity contribution in [2.75, 3.05) is 5.32 Å². The van der Waals surface area contributed by atoms with E-state index in [0.717, 1.165) is 48.3 Å². The third-order valence-corrected chi connectivity index (χ3v) is 5.94. The third kappa shape index (κ3) is 4.51. The molecule has 2 fully saturated rings. The molecule has 2 aliphatic rings. The van der Waals surface area contributed by atoms with Crippen LogP contribution >= 0.6 is 0 Å². The Morgan fingerprint density at radius 3 is 2.38 bits per heavy atom. The van der Waals surface area contributed by atoms with Crippen molar-refractivity contribution in [3.8, 4) is 5.69 Å². The highest BCUT2D eigenvalue weighted by molar-refractivity contribution is 5.96. The number of urea groups is 1. The molecule has 0 saturated heterocycles. The SMILES string of the molecule is CC(NC(=O)c1cnn(-c2ccccc2)c1C1CC1)c1ccc(NC(=O)NC2CC2)cc1. The summed E-state index contributed by atoms with van der Waals surface area (Å²) in [6.45, 7) is 1.96. The van der Waals surface area contributed by atoms with E-state index in [9.17, 15) is 9.59 Å². The summed E-state index contributed by atoms with van der Waals surface area (Å²) in [7, 11) is 0. The Balaban J connectivity index is 1.27. The monoisotopic (exact) mass is 429 g/mol. The smallest absolute Gasteiger partial charge is 0.319 e. The highest BCUT2D eigenvalue weighted by atomic mass is 16.2. The van der Waals surface area contributed by atoms with E-state index in [1.54, 1.807) is 6.20 Å². The van der Waals surface area contributed by atoms with Gasteiger partial charge in [0.25, 0.3) is 5.91 Å². The number of hydrogen-bond acceptors (Lipinski definition) is 3. The molecule has 1 atom stereocenters. The Kier molecular flexibility index (Phi) is 5.39. The van der Waals surface area contributed by atoms with Gasteiger partial charge in [0, 0.05) is 17.6 Å². The normalized spacial score (nSPS) is 16.3. The third-order valence-electron chi connectivity index (χ3n) is 5.94. The molecule has 0 radical (unpaired) electrons. The van der Waals surface area contributed by atoms with Crippen LogP contribution in [0.15, 0.2) is 60.8 Å². The summed E-state index contributed by atoms with van der Waals surface area (Å²) in [4.78, 5) is 25.0. The number of rotatable bonds is 7. The number of amides is 3. The summed E-state index contributed by atoms with van der Waals surface area (Å²) in [6, 6.07) is 17.4. The number of hydrogen-bond donors (Lipinski definition) is 3. The molecule has 3 N–H and O–H groups in total. The van der Waals surface area contributed by atoms with Gasteiger partial charge in [-0.1, -0.05) is 30.3 Å². The van der Waals surface area contributed by atoms with E-state index < -0.39 is 0 Å². The van der Waals surface area contributed by atoms with Crippen molar-refractivity contribution < 1.29 is 9.59 Å². The number of aromatic nitrogens is 2. The van der Waals surface area contributed by atoms with E-state index >= 15 is 0 Å². The fourth-order valence-corrected chi connectivity index (χ4v) is 3.85. The van der Waals surface area contributed by atoms with E-state index in [4.69, 9.17) is 0 Å². The first-order valence-electron chi connectivity index (χ1n) is 11.2. The quantitative estimate of drug-likeness (QED) is 0.516. The zero-order chi connectivity index (χ0) is 22.1. The Morgan fingerprint density at radius 1 is 1.00 bits per heavy atom. The van der Waals surface area contributed by atoms with Crippen LogP contribution in [0.3, 0.4) is 0 Å². The molecule has 5 rings (SSSR count). The highest BCUT2D eigenvalue weighted by Crippen LogP contribution is 2.42. The van der Waals surface area contributed by atoms with Crippen molar-refractivity contribution in [3.63, 3.8) is 0 Å². The first-order valence-corrected chi connectivity index (χ1v) is 11.2. The van der Waals surface area contributed by atoms with Gasteiger partial charge in [-0.05, 0) is 62.4 Å². The fourth-order valence-electron chi connectivity index (χ4n) is 3.85. The van der Waals surface area contributed by atoms with Gasteiger partial charge in [-0.25, -0.2) is 9.48 Å². The van der Waals surface area contributed by atoms with E-state index in [0.29, 0.717) is 17.5 Å². The topological polar surface area (TPSA) is 88.1 Å². The van der Waals surface area contributed by atoms with Crippen molar-refractivity contribution >= 4 is 17.6 Å². The molecule has 1 unspecified atom stereocenters. The van der Waals surface area contributed by atoms with E-state index in [1.807, 2.05) is 66.2 Å². The van der Waals surface area contributed by atoms with Crippen molar-refractivity contribution in [1.29, 1.82) is 0 Å². The Hall–Kier alpha value is -3.61. The number of para-hydroxylation sites is 1. The zero-order valence-corrected chi connectivity index (χ0v) is 18.0. The van der Waals surface area contributed by atoms with E-state index in [-0.39, 0.29) is 18.0 Å². The summed E-state index contributed by atoms with van der Waals surface area (Å²) in [5.41, 5.74) is 4.29. The standard InChI is InChI=1S/C25H27N5O2/c1-16(17-9-11-19(12-10-17)28-25(32)29-20-13-14-20)27-24(31)22-15-26-30(23(22)18-7-8-18)21-5-3-2-4-6-21/h2-6,9-12,15-16,18,20H,7-8,13-14H2,1H3,(H,27,31)(H2,28,29,32). The molecule has 3 aromatic rings. The molecule has 0 bridgehead atoms. The minimum atomic E-state index is -0.177. The molecule has 0 spiro atoms. The summed E-state index contributed by atoms with van der Waals surface area (Å²) in [6.07, 6.45) is 5.94. The average molecular weight is 430 g/mol. The number of carbonyl (C=O) groups is 2. The van der Waals surface area contributed by atoms with Crippen molar-refractivity contribution in [2.24, 2.45) is 0 Å². The van der Waals surface area contributed by atoms with E-state index in [1.165, 1.54) is 0 Å². The summed E-state index contributed by atoms with van der Waals surface area (Å²) >= 11 is 0. The van der Waals surface area contributed by atoms with Gasteiger partial charge in [0.1, 0.15) is 0 Å². The summed E-state index contributed by atoms with van der Waals surface area (Å²) < 4.78 is 1.89. The molecule has 164 valence electrons. The van der Waals surface area contributed by atoms with Gasteiger partial charge in [-0.2, -0.15) is 5.10 Å². The molecule has 2 saturated carbocycles. The van der Waals surface area contributed by atoms with Gasteiger partial charge in [0.05, 0.1) is 29.2 Å². The van der Waals surface area contributed by atoms with Crippen LogP contribution in [-0.2, 0) is 0 Å². The second-order valence-corrected chi connectivity index (χ2v) is 8.66. The summed E-state index contributed by atoms with van der Waals surface area (Å²) in [5.74, 6) is 0.258. The lowest BCUT2D eigenvalue weighted by molar-refractivity contribution is 0.0939.